The average molecular weight is 294 g/mol. The van der Waals surface area contributed by atoms with Gasteiger partial charge in [-0.3, -0.25) is 0 Å². The van der Waals surface area contributed by atoms with Gasteiger partial charge in [-0.2, -0.15) is 0 Å². The highest BCUT2D eigenvalue weighted by atomic mass is 79.9. The van der Waals surface area contributed by atoms with Crippen molar-refractivity contribution >= 4 is 21.6 Å². The number of nitrogen functional groups attached to an aromatic ring is 1. The van der Waals surface area contributed by atoms with E-state index in [1.54, 1.807) is 13.2 Å². The fourth-order valence-electron chi connectivity index (χ4n) is 1.40. The molecule has 2 aromatic rings. The number of methoxy groups -OCH3 is 1. The summed E-state index contributed by atoms with van der Waals surface area (Å²) in [5.74, 6) is 2.20. The Kier molecular flexibility index (Phi) is 3.54. The third-order valence-corrected chi connectivity index (χ3v) is 2.84. The second-order valence-corrected chi connectivity index (χ2v) is 4.33. The van der Waals surface area contributed by atoms with Crippen LogP contribution in [-0.4, -0.2) is 7.11 Å². The average Bonchev–Trinajstić information content (AvgIpc) is 2.32. The Hall–Kier alpha value is -1.68. The van der Waals surface area contributed by atoms with Gasteiger partial charge in [0.15, 0.2) is 0 Å². The zero-order valence-electron chi connectivity index (χ0n) is 9.31. The van der Waals surface area contributed by atoms with Crippen LogP contribution in [0.4, 0.5) is 5.69 Å². The van der Waals surface area contributed by atoms with Crippen LogP contribution < -0.4 is 15.2 Å². The fourth-order valence-corrected chi connectivity index (χ4v) is 1.84. The molecule has 88 valence electrons. The van der Waals surface area contributed by atoms with Gasteiger partial charge in [0.2, 0.25) is 0 Å². The first-order chi connectivity index (χ1) is 8.19. The number of rotatable bonds is 3. The predicted molar refractivity (Wildman–Crippen MR) is 71.6 cm³/mol. The molecule has 0 unspecified atom stereocenters. The van der Waals surface area contributed by atoms with Gasteiger partial charge in [0, 0.05) is 11.8 Å². The highest BCUT2D eigenvalue weighted by Crippen LogP contribution is 2.33. The molecule has 0 heterocycles. The van der Waals surface area contributed by atoms with Crippen molar-refractivity contribution in [3.05, 3.63) is 46.9 Å². The normalized spacial score (nSPS) is 10.0. The first-order valence-electron chi connectivity index (χ1n) is 5.06. The van der Waals surface area contributed by atoms with Gasteiger partial charge in [-0.1, -0.05) is 6.07 Å². The van der Waals surface area contributed by atoms with Crippen LogP contribution >= 0.6 is 15.9 Å². The van der Waals surface area contributed by atoms with Crippen LogP contribution in [0.15, 0.2) is 46.9 Å². The standard InChI is InChI=1S/C13H12BrNO2/c1-16-10-5-6-13(12(14)8-10)17-11-4-2-3-9(15)7-11/h2-8H,15H2,1H3. The van der Waals surface area contributed by atoms with Crippen molar-refractivity contribution in [2.75, 3.05) is 12.8 Å². The van der Waals surface area contributed by atoms with Gasteiger partial charge in [-0.05, 0) is 46.3 Å². The Labute approximate surface area is 108 Å². The number of nitrogens with two attached hydrogens (primary N) is 1. The highest BCUT2D eigenvalue weighted by Gasteiger charge is 2.04. The lowest BCUT2D eigenvalue weighted by Gasteiger charge is -2.09. The highest BCUT2D eigenvalue weighted by molar-refractivity contribution is 9.10. The van der Waals surface area contributed by atoms with Crippen molar-refractivity contribution in [2.45, 2.75) is 0 Å². The third-order valence-electron chi connectivity index (χ3n) is 2.22. The van der Waals surface area contributed by atoms with E-state index in [-0.39, 0.29) is 0 Å². The smallest absolute Gasteiger partial charge is 0.141 e. The molecule has 0 aromatic heterocycles. The largest absolute Gasteiger partial charge is 0.497 e. The summed E-state index contributed by atoms with van der Waals surface area (Å²) in [5.41, 5.74) is 6.36. The van der Waals surface area contributed by atoms with Crippen LogP contribution in [0, 0.1) is 0 Å². The van der Waals surface area contributed by atoms with Gasteiger partial charge < -0.3 is 15.2 Å². The van der Waals surface area contributed by atoms with Crippen molar-refractivity contribution in [1.82, 2.24) is 0 Å². The summed E-state index contributed by atoms with van der Waals surface area (Å²) < 4.78 is 11.7. The van der Waals surface area contributed by atoms with E-state index in [1.165, 1.54) is 0 Å². The lowest BCUT2D eigenvalue weighted by molar-refractivity contribution is 0.412. The second-order valence-electron chi connectivity index (χ2n) is 3.47. The minimum Gasteiger partial charge on any atom is -0.497 e. The van der Waals surface area contributed by atoms with E-state index in [4.69, 9.17) is 15.2 Å². The van der Waals surface area contributed by atoms with Gasteiger partial charge in [0.1, 0.15) is 17.2 Å². The number of hydrogen-bond acceptors (Lipinski definition) is 3. The molecule has 0 saturated heterocycles. The van der Waals surface area contributed by atoms with Crippen LogP contribution in [0.2, 0.25) is 0 Å². The van der Waals surface area contributed by atoms with E-state index in [9.17, 15) is 0 Å². The maximum Gasteiger partial charge on any atom is 0.141 e. The third kappa shape index (κ3) is 2.91. The molecule has 17 heavy (non-hydrogen) atoms. The first kappa shape index (κ1) is 11.8. The van der Waals surface area contributed by atoms with Crippen molar-refractivity contribution in [3.8, 4) is 17.2 Å². The summed E-state index contributed by atoms with van der Waals surface area (Å²) in [7, 11) is 1.63. The van der Waals surface area contributed by atoms with Crippen LogP contribution in [0.5, 0.6) is 17.2 Å². The molecule has 0 saturated carbocycles. The van der Waals surface area contributed by atoms with E-state index in [1.807, 2.05) is 36.4 Å². The Balaban J connectivity index is 2.24. The molecule has 0 aliphatic rings. The zero-order valence-corrected chi connectivity index (χ0v) is 10.9. The molecule has 0 spiro atoms. The molecule has 2 rings (SSSR count). The maximum atomic E-state index is 5.71. The molecule has 4 heteroatoms. The quantitative estimate of drug-likeness (QED) is 0.875. The van der Waals surface area contributed by atoms with Crippen molar-refractivity contribution < 1.29 is 9.47 Å². The molecule has 3 nitrogen and oxygen atoms in total. The number of anilines is 1. The van der Waals surface area contributed by atoms with Crippen LogP contribution in [0.3, 0.4) is 0 Å². The topological polar surface area (TPSA) is 44.5 Å². The van der Waals surface area contributed by atoms with E-state index in [0.717, 1.165) is 16.0 Å². The molecule has 2 aromatic carbocycles. The maximum absolute atomic E-state index is 5.71. The number of benzene rings is 2. The predicted octanol–water partition coefficient (Wildman–Crippen LogP) is 3.83. The second kappa shape index (κ2) is 5.10. The molecule has 0 aliphatic carbocycles. The Bertz CT molecular complexity index is 529. The Morgan fingerprint density at radius 1 is 1.06 bits per heavy atom. The van der Waals surface area contributed by atoms with Crippen molar-refractivity contribution in [1.29, 1.82) is 0 Å². The summed E-state index contributed by atoms with van der Waals surface area (Å²) in [5, 5.41) is 0. The van der Waals surface area contributed by atoms with E-state index in [0.29, 0.717) is 11.4 Å². The van der Waals surface area contributed by atoms with Crippen LogP contribution in [-0.2, 0) is 0 Å². The van der Waals surface area contributed by atoms with Gasteiger partial charge in [-0.15, -0.1) is 0 Å². The SMILES string of the molecule is COc1ccc(Oc2cccc(N)c2)c(Br)c1. The monoisotopic (exact) mass is 293 g/mol. The summed E-state index contributed by atoms with van der Waals surface area (Å²) in [4.78, 5) is 0. The molecule has 0 amide bonds. The van der Waals surface area contributed by atoms with Gasteiger partial charge in [0.05, 0.1) is 11.6 Å². The fraction of sp³-hybridized carbons (Fsp3) is 0.0769. The summed E-state index contributed by atoms with van der Waals surface area (Å²) in [6.07, 6.45) is 0. The zero-order chi connectivity index (χ0) is 12.3. The molecule has 0 atom stereocenters. The lowest BCUT2D eigenvalue weighted by Crippen LogP contribution is -1.89. The number of ether oxygens (including phenoxy) is 2. The van der Waals surface area contributed by atoms with E-state index in [2.05, 4.69) is 15.9 Å². The Morgan fingerprint density at radius 3 is 2.53 bits per heavy atom. The molecular formula is C13H12BrNO2. The van der Waals surface area contributed by atoms with Gasteiger partial charge >= 0.3 is 0 Å². The molecular weight excluding hydrogens is 282 g/mol. The molecule has 0 bridgehead atoms. The van der Waals surface area contributed by atoms with E-state index >= 15 is 0 Å². The van der Waals surface area contributed by atoms with Crippen LogP contribution in [0.1, 0.15) is 0 Å². The molecule has 0 radical (unpaired) electrons. The van der Waals surface area contributed by atoms with Crippen molar-refractivity contribution in [3.63, 3.8) is 0 Å². The molecule has 0 aliphatic heterocycles. The minimum absolute atomic E-state index is 0.673. The number of hydrogen-bond donors (Lipinski definition) is 1. The lowest BCUT2D eigenvalue weighted by atomic mass is 10.3. The molecule has 0 fully saturated rings. The molecule has 2 N–H and O–H groups in total. The summed E-state index contributed by atoms with van der Waals surface area (Å²) in [6, 6.07) is 12.8. The number of halogens is 1. The van der Waals surface area contributed by atoms with Crippen molar-refractivity contribution in [2.24, 2.45) is 0 Å². The Morgan fingerprint density at radius 2 is 1.88 bits per heavy atom. The van der Waals surface area contributed by atoms with Gasteiger partial charge in [0.25, 0.3) is 0 Å². The first-order valence-corrected chi connectivity index (χ1v) is 5.85. The van der Waals surface area contributed by atoms with Gasteiger partial charge in [-0.25, -0.2) is 0 Å². The summed E-state index contributed by atoms with van der Waals surface area (Å²) >= 11 is 3.43. The van der Waals surface area contributed by atoms with Crippen LogP contribution in [0.25, 0.3) is 0 Å². The summed E-state index contributed by atoms with van der Waals surface area (Å²) in [6.45, 7) is 0. The minimum atomic E-state index is 0.673. The van der Waals surface area contributed by atoms with E-state index < -0.39 is 0 Å².